The number of ether oxygens (including phenoxy) is 2. The van der Waals surface area contributed by atoms with Gasteiger partial charge in [0.15, 0.2) is 0 Å². The molecule has 1 N–H and O–H groups in total. The van der Waals surface area contributed by atoms with Crippen LogP contribution >= 0.6 is 0 Å². The first kappa shape index (κ1) is 22.2. The Balaban J connectivity index is 1.93. The Labute approximate surface area is 168 Å². The predicted octanol–water partition coefficient (Wildman–Crippen LogP) is 3.74. The first-order valence-corrected chi connectivity index (χ1v) is 10.1. The minimum atomic E-state index is -0.607. The number of hydrogen-bond acceptors (Lipinski definition) is 4. The van der Waals surface area contributed by atoms with E-state index in [0.717, 1.165) is 18.4 Å². The number of alkyl carbamates (subject to hydrolysis) is 1. The molecule has 0 spiro atoms. The summed E-state index contributed by atoms with van der Waals surface area (Å²) in [6.45, 7) is 11.0. The fraction of sp³-hybridized carbons (Fsp3) is 0.636. The first-order chi connectivity index (χ1) is 13.2. The normalized spacial score (nSPS) is 18.2. The van der Waals surface area contributed by atoms with Gasteiger partial charge in [-0.3, -0.25) is 4.79 Å². The molecule has 1 aliphatic rings. The third kappa shape index (κ3) is 6.82. The van der Waals surface area contributed by atoms with Gasteiger partial charge in [0.1, 0.15) is 11.6 Å². The number of rotatable bonds is 7. The van der Waals surface area contributed by atoms with Crippen LogP contribution in [0.1, 0.15) is 53.0 Å². The number of nitrogens with one attached hydrogen (secondary N) is 1. The maximum absolute atomic E-state index is 13.1. The smallest absolute Gasteiger partial charge is 0.408 e. The van der Waals surface area contributed by atoms with E-state index in [4.69, 9.17) is 9.47 Å². The molecule has 6 nitrogen and oxygen atoms in total. The molecule has 2 rings (SSSR count). The second kappa shape index (κ2) is 9.92. The molecule has 0 aromatic heterocycles. The van der Waals surface area contributed by atoms with Crippen LogP contribution in [0, 0.1) is 5.92 Å². The molecule has 1 aromatic rings. The van der Waals surface area contributed by atoms with Gasteiger partial charge in [-0.2, -0.15) is 0 Å². The molecule has 1 fully saturated rings. The van der Waals surface area contributed by atoms with Crippen molar-refractivity contribution in [1.29, 1.82) is 0 Å². The Bertz CT molecular complexity index is 640. The molecule has 2 atom stereocenters. The summed E-state index contributed by atoms with van der Waals surface area (Å²) in [7, 11) is 0. The molecule has 28 heavy (non-hydrogen) atoms. The zero-order valence-electron chi connectivity index (χ0n) is 17.7. The zero-order valence-corrected chi connectivity index (χ0v) is 17.7. The molecule has 6 heteroatoms. The summed E-state index contributed by atoms with van der Waals surface area (Å²) >= 11 is 0. The second-order valence-electron chi connectivity index (χ2n) is 8.70. The van der Waals surface area contributed by atoms with Gasteiger partial charge in [-0.05, 0) is 45.1 Å². The van der Waals surface area contributed by atoms with Crippen molar-refractivity contribution < 1.29 is 19.1 Å². The van der Waals surface area contributed by atoms with Gasteiger partial charge in [0, 0.05) is 6.54 Å². The van der Waals surface area contributed by atoms with Crippen LogP contribution in [-0.2, 0) is 20.9 Å². The number of carbonyl (C=O) groups is 2. The molecule has 0 saturated carbocycles. The molecule has 0 aliphatic carbocycles. The van der Waals surface area contributed by atoms with Crippen molar-refractivity contribution in [1.82, 2.24) is 10.2 Å². The molecule has 1 heterocycles. The Morgan fingerprint density at radius 3 is 2.50 bits per heavy atom. The fourth-order valence-corrected chi connectivity index (χ4v) is 3.31. The van der Waals surface area contributed by atoms with E-state index in [1.807, 2.05) is 49.1 Å². The average molecular weight is 391 g/mol. The lowest BCUT2D eigenvalue weighted by Crippen LogP contribution is -2.53. The molecule has 156 valence electrons. The SMILES string of the molecule is CC(C)[C@@H](NC(=O)OC(C)(C)C)C(=O)N1CCC[C@H]1COCc1ccccc1. The second-order valence-corrected chi connectivity index (χ2v) is 8.70. The van der Waals surface area contributed by atoms with Gasteiger partial charge in [-0.15, -0.1) is 0 Å². The molecule has 2 amide bonds. The summed E-state index contributed by atoms with van der Waals surface area (Å²) in [5.41, 5.74) is 0.515. The number of likely N-dealkylation sites (tertiary alicyclic amines) is 1. The highest BCUT2D eigenvalue weighted by atomic mass is 16.6. The molecule has 1 aromatic carbocycles. The van der Waals surface area contributed by atoms with Crippen molar-refractivity contribution in [3.05, 3.63) is 35.9 Å². The van der Waals surface area contributed by atoms with Crippen molar-refractivity contribution in [2.75, 3.05) is 13.2 Å². The number of benzene rings is 1. The van der Waals surface area contributed by atoms with Crippen LogP contribution in [0.5, 0.6) is 0 Å². The average Bonchev–Trinajstić information content (AvgIpc) is 3.07. The fourth-order valence-electron chi connectivity index (χ4n) is 3.31. The third-order valence-electron chi connectivity index (χ3n) is 4.69. The van der Waals surface area contributed by atoms with Crippen molar-refractivity contribution in [2.24, 2.45) is 5.92 Å². The molecular formula is C22H34N2O4. The van der Waals surface area contributed by atoms with Crippen LogP contribution in [0.3, 0.4) is 0 Å². The van der Waals surface area contributed by atoms with Gasteiger partial charge in [0.05, 0.1) is 19.3 Å². The number of nitrogens with zero attached hydrogens (tertiary/aromatic N) is 1. The van der Waals surface area contributed by atoms with Gasteiger partial charge >= 0.3 is 6.09 Å². The topological polar surface area (TPSA) is 67.9 Å². The van der Waals surface area contributed by atoms with Gasteiger partial charge in [-0.1, -0.05) is 44.2 Å². The van der Waals surface area contributed by atoms with Crippen molar-refractivity contribution in [3.8, 4) is 0 Å². The Morgan fingerprint density at radius 1 is 1.21 bits per heavy atom. The van der Waals surface area contributed by atoms with Gasteiger partial charge < -0.3 is 19.7 Å². The minimum Gasteiger partial charge on any atom is -0.444 e. The minimum absolute atomic E-state index is 0.0356. The Morgan fingerprint density at radius 2 is 1.89 bits per heavy atom. The van der Waals surface area contributed by atoms with E-state index in [9.17, 15) is 9.59 Å². The monoisotopic (exact) mass is 390 g/mol. The molecule has 0 unspecified atom stereocenters. The van der Waals surface area contributed by atoms with Crippen molar-refractivity contribution in [2.45, 2.75) is 71.8 Å². The van der Waals surface area contributed by atoms with Crippen LogP contribution in [0.2, 0.25) is 0 Å². The van der Waals surface area contributed by atoms with E-state index in [2.05, 4.69) is 5.32 Å². The first-order valence-electron chi connectivity index (χ1n) is 10.1. The Kier molecular flexibility index (Phi) is 7.87. The summed E-state index contributed by atoms with van der Waals surface area (Å²) in [5, 5.41) is 2.76. The van der Waals surface area contributed by atoms with Gasteiger partial charge in [0.2, 0.25) is 5.91 Å². The van der Waals surface area contributed by atoms with Crippen molar-refractivity contribution >= 4 is 12.0 Å². The highest BCUT2D eigenvalue weighted by Crippen LogP contribution is 2.21. The standard InChI is InChI=1S/C22H34N2O4/c1-16(2)19(23-21(26)28-22(3,4)5)20(25)24-13-9-12-18(24)15-27-14-17-10-7-6-8-11-17/h6-8,10-11,16,18-19H,9,12-15H2,1-5H3,(H,23,26)/t18-,19+/m0/s1. The number of hydrogen-bond donors (Lipinski definition) is 1. The lowest BCUT2D eigenvalue weighted by Gasteiger charge is -2.31. The van der Waals surface area contributed by atoms with E-state index >= 15 is 0 Å². The highest BCUT2D eigenvalue weighted by molar-refractivity contribution is 5.86. The molecule has 0 bridgehead atoms. The van der Waals surface area contributed by atoms with Crippen LogP contribution in [0.15, 0.2) is 30.3 Å². The summed E-state index contributed by atoms with van der Waals surface area (Å²) in [6.07, 6.45) is 1.30. The summed E-state index contributed by atoms with van der Waals surface area (Å²) < 4.78 is 11.2. The maximum atomic E-state index is 13.1. The van der Waals surface area contributed by atoms with Crippen LogP contribution in [0.4, 0.5) is 4.79 Å². The largest absolute Gasteiger partial charge is 0.444 e. The summed E-state index contributed by atoms with van der Waals surface area (Å²) in [5.74, 6) is -0.0989. The third-order valence-corrected chi connectivity index (χ3v) is 4.69. The Hall–Kier alpha value is -2.08. The van der Waals surface area contributed by atoms with Crippen LogP contribution in [-0.4, -0.2) is 47.7 Å². The molecule has 0 radical (unpaired) electrons. The van der Waals surface area contributed by atoms with Crippen LogP contribution in [0.25, 0.3) is 0 Å². The predicted molar refractivity (Wildman–Crippen MR) is 109 cm³/mol. The van der Waals surface area contributed by atoms with Crippen molar-refractivity contribution in [3.63, 3.8) is 0 Å². The molecular weight excluding hydrogens is 356 g/mol. The van der Waals surface area contributed by atoms with E-state index in [-0.39, 0.29) is 17.9 Å². The summed E-state index contributed by atoms with van der Waals surface area (Å²) in [6, 6.07) is 9.43. The highest BCUT2D eigenvalue weighted by Gasteiger charge is 2.36. The van der Waals surface area contributed by atoms with Gasteiger partial charge in [-0.25, -0.2) is 4.79 Å². The number of carbonyl (C=O) groups excluding carboxylic acids is 2. The van der Waals surface area contributed by atoms with E-state index in [0.29, 0.717) is 19.8 Å². The number of amides is 2. The lowest BCUT2D eigenvalue weighted by atomic mass is 10.0. The maximum Gasteiger partial charge on any atom is 0.408 e. The van der Waals surface area contributed by atoms with Gasteiger partial charge in [0.25, 0.3) is 0 Å². The van der Waals surface area contributed by atoms with Crippen LogP contribution < -0.4 is 5.32 Å². The van der Waals surface area contributed by atoms with E-state index < -0.39 is 17.7 Å². The molecule has 1 saturated heterocycles. The van der Waals surface area contributed by atoms with E-state index in [1.165, 1.54) is 0 Å². The van der Waals surface area contributed by atoms with E-state index in [1.54, 1.807) is 20.8 Å². The lowest BCUT2D eigenvalue weighted by molar-refractivity contribution is -0.136. The molecule has 1 aliphatic heterocycles. The zero-order chi connectivity index (χ0) is 20.7. The quantitative estimate of drug-likeness (QED) is 0.770. The summed E-state index contributed by atoms with van der Waals surface area (Å²) in [4.78, 5) is 27.2.